The first-order valence-electron chi connectivity index (χ1n) is 3.30. The SMILES string of the molecule is C[Si][N+]1(C)CCCC1. The minimum atomic E-state index is 1.10. The van der Waals surface area contributed by atoms with Crippen LogP contribution in [0.25, 0.3) is 0 Å². The number of hydrogen-bond acceptors (Lipinski definition) is 0. The van der Waals surface area contributed by atoms with Crippen LogP contribution in [0.5, 0.6) is 0 Å². The first-order valence-corrected chi connectivity index (χ1v) is 4.75. The molecule has 46 valence electrons. The normalized spacial score (nSPS) is 26.2. The Morgan fingerprint density at radius 1 is 1.25 bits per heavy atom. The zero-order valence-corrected chi connectivity index (χ0v) is 6.78. The van der Waals surface area contributed by atoms with Gasteiger partial charge in [-0.1, -0.05) is 0 Å². The van der Waals surface area contributed by atoms with Gasteiger partial charge < -0.3 is 4.15 Å². The minimum Gasteiger partial charge on any atom is -0.383 e. The molecular weight excluding hydrogens is 114 g/mol. The van der Waals surface area contributed by atoms with Gasteiger partial charge in [0.15, 0.2) is 0 Å². The van der Waals surface area contributed by atoms with E-state index in [1.807, 2.05) is 0 Å². The van der Waals surface area contributed by atoms with Crippen molar-refractivity contribution >= 4 is 9.68 Å². The third-order valence-electron chi connectivity index (χ3n) is 2.09. The largest absolute Gasteiger partial charge is 0.387 e. The minimum absolute atomic E-state index is 1.10. The highest BCUT2D eigenvalue weighted by Crippen LogP contribution is 2.13. The molecule has 1 fully saturated rings. The molecule has 0 atom stereocenters. The number of quaternary nitrogens is 1. The lowest BCUT2D eigenvalue weighted by Gasteiger charge is -2.26. The topological polar surface area (TPSA) is 0 Å². The van der Waals surface area contributed by atoms with Crippen LogP contribution in [0.2, 0.25) is 6.55 Å². The Morgan fingerprint density at radius 3 is 2.00 bits per heavy atom. The molecule has 1 aliphatic heterocycles. The fourth-order valence-corrected chi connectivity index (χ4v) is 2.02. The van der Waals surface area contributed by atoms with Gasteiger partial charge in [0.25, 0.3) is 0 Å². The van der Waals surface area contributed by atoms with Crippen molar-refractivity contribution in [3.05, 3.63) is 0 Å². The molecule has 0 amide bonds. The Kier molecular flexibility index (Phi) is 1.73. The van der Waals surface area contributed by atoms with Gasteiger partial charge in [-0.25, -0.2) is 0 Å². The van der Waals surface area contributed by atoms with Gasteiger partial charge in [-0.05, 0) is 6.55 Å². The van der Waals surface area contributed by atoms with E-state index < -0.39 is 0 Å². The Bertz CT molecular complexity index is 76.6. The molecule has 0 aliphatic carbocycles. The second-order valence-corrected chi connectivity index (χ2v) is 4.30. The van der Waals surface area contributed by atoms with Crippen molar-refractivity contribution in [1.29, 1.82) is 0 Å². The van der Waals surface area contributed by atoms with Crippen LogP contribution in [0, 0.1) is 0 Å². The second-order valence-electron chi connectivity index (χ2n) is 2.77. The van der Waals surface area contributed by atoms with Crippen LogP contribution in [0.1, 0.15) is 12.8 Å². The predicted molar refractivity (Wildman–Crippen MR) is 36.8 cm³/mol. The summed E-state index contributed by atoms with van der Waals surface area (Å²) in [6.07, 6.45) is 2.91. The summed E-state index contributed by atoms with van der Waals surface area (Å²) in [6, 6.07) is 0. The molecule has 2 heteroatoms. The number of hydrogen-bond donors (Lipinski definition) is 0. The van der Waals surface area contributed by atoms with Crippen molar-refractivity contribution in [2.24, 2.45) is 0 Å². The summed E-state index contributed by atoms with van der Waals surface area (Å²) in [5, 5.41) is 0. The molecule has 1 saturated heterocycles. The van der Waals surface area contributed by atoms with Crippen molar-refractivity contribution in [1.82, 2.24) is 0 Å². The average Bonchev–Trinajstić information content (AvgIpc) is 2.17. The Labute approximate surface area is 54.2 Å². The highest BCUT2D eigenvalue weighted by Gasteiger charge is 2.25. The van der Waals surface area contributed by atoms with Gasteiger partial charge in [0.1, 0.15) is 0 Å². The Balaban J connectivity index is 2.40. The molecule has 0 aromatic heterocycles. The molecule has 0 spiro atoms. The summed E-state index contributed by atoms with van der Waals surface area (Å²) in [6.45, 7) is 5.16. The van der Waals surface area contributed by atoms with Gasteiger partial charge in [0.2, 0.25) is 0 Å². The third kappa shape index (κ3) is 1.12. The zero-order chi connectivity index (χ0) is 6.04. The first kappa shape index (κ1) is 6.30. The number of rotatable bonds is 1. The molecule has 1 heterocycles. The Morgan fingerprint density at radius 2 is 1.75 bits per heavy atom. The molecule has 0 saturated carbocycles. The number of likely N-dealkylation sites (tertiary alicyclic amines) is 1. The summed E-state index contributed by atoms with van der Waals surface area (Å²) in [5.41, 5.74) is 0. The third-order valence-corrected chi connectivity index (χ3v) is 3.62. The van der Waals surface area contributed by atoms with Crippen LogP contribution >= 0.6 is 0 Å². The van der Waals surface area contributed by atoms with E-state index in [1.54, 1.807) is 0 Å². The van der Waals surface area contributed by atoms with E-state index in [1.165, 1.54) is 30.1 Å². The van der Waals surface area contributed by atoms with E-state index in [9.17, 15) is 0 Å². The van der Waals surface area contributed by atoms with E-state index in [2.05, 4.69) is 13.6 Å². The Hall–Kier alpha value is 0.177. The lowest BCUT2D eigenvalue weighted by molar-refractivity contribution is -0.786. The van der Waals surface area contributed by atoms with Gasteiger partial charge in [0.05, 0.1) is 20.1 Å². The second kappa shape index (κ2) is 2.19. The maximum absolute atomic E-state index is 2.37. The maximum atomic E-state index is 2.37. The highest BCUT2D eigenvalue weighted by atomic mass is 28.2. The fourth-order valence-electron chi connectivity index (χ4n) is 1.26. The van der Waals surface area contributed by atoms with Crippen molar-refractivity contribution in [3.8, 4) is 0 Å². The molecule has 0 unspecified atom stereocenters. The number of nitrogens with zero attached hydrogens (tertiary/aromatic N) is 1. The molecule has 1 aliphatic rings. The fraction of sp³-hybridized carbons (Fsp3) is 1.00. The van der Waals surface area contributed by atoms with Gasteiger partial charge >= 0.3 is 9.68 Å². The summed E-state index contributed by atoms with van der Waals surface area (Å²) in [7, 11) is 3.47. The van der Waals surface area contributed by atoms with E-state index in [4.69, 9.17) is 0 Å². The van der Waals surface area contributed by atoms with E-state index in [0.29, 0.717) is 0 Å². The van der Waals surface area contributed by atoms with Crippen LogP contribution in [0.15, 0.2) is 0 Å². The standard InChI is InChI=1S/C6H14NSi/c1-7(8-2)5-3-4-6-7/h3-6H2,1-2H3/q+1. The molecule has 0 aromatic carbocycles. The van der Waals surface area contributed by atoms with Crippen LogP contribution in [-0.4, -0.2) is 34.0 Å². The molecule has 0 aromatic rings. The monoisotopic (exact) mass is 128 g/mol. The van der Waals surface area contributed by atoms with Crippen molar-refractivity contribution in [2.45, 2.75) is 19.4 Å². The smallest absolute Gasteiger partial charge is 0.383 e. The summed E-state index contributed by atoms with van der Waals surface area (Å²) >= 11 is 0. The van der Waals surface area contributed by atoms with Crippen molar-refractivity contribution < 1.29 is 4.15 Å². The zero-order valence-electron chi connectivity index (χ0n) is 5.78. The summed E-state index contributed by atoms with van der Waals surface area (Å²) < 4.78 is 1.35. The molecule has 1 rings (SSSR count). The van der Waals surface area contributed by atoms with E-state index >= 15 is 0 Å². The van der Waals surface area contributed by atoms with E-state index in [0.717, 1.165) is 9.68 Å². The van der Waals surface area contributed by atoms with Crippen LogP contribution in [0.4, 0.5) is 0 Å². The van der Waals surface area contributed by atoms with Crippen LogP contribution in [-0.2, 0) is 0 Å². The molecule has 0 bridgehead atoms. The molecule has 8 heavy (non-hydrogen) atoms. The molecular formula is C6H14NSi+. The summed E-state index contributed by atoms with van der Waals surface area (Å²) in [5.74, 6) is 0. The highest BCUT2D eigenvalue weighted by molar-refractivity contribution is 6.24. The van der Waals surface area contributed by atoms with Crippen LogP contribution in [0.3, 0.4) is 0 Å². The predicted octanol–water partition coefficient (Wildman–Crippen LogP) is 0.894. The quantitative estimate of drug-likeness (QED) is 0.460. The molecule has 2 radical (unpaired) electrons. The van der Waals surface area contributed by atoms with Gasteiger partial charge in [-0.3, -0.25) is 0 Å². The lowest BCUT2D eigenvalue weighted by Crippen LogP contribution is -2.42. The molecule has 0 N–H and O–H groups in total. The van der Waals surface area contributed by atoms with Crippen molar-refractivity contribution in [3.63, 3.8) is 0 Å². The lowest BCUT2D eigenvalue weighted by atomic mass is 10.4. The van der Waals surface area contributed by atoms with Gasteiger partial charge in [0, 0.05) is 12.8 Å². The average molecular weight is 128 g/mol. The maximum Gasteiger partial charge on any atom is 0.387 e. The van der Waals surface area contributed by atoms with Crippen LogP contribution < -0.4 is 0 Å². The van der Waals surface area contributed by atoms with Crippen molar-refractivity contribution in [2.75, 3.05) is 20.1 Å². The summed E-state index contributed by atoms with van der Waals surface area (Å²) in [4.78, 5) is 0. The molecule has 1 nitrogen and oxygen atoms in total. The first-order chi connectivity index (χ1) is 3.77. The van der Waals surface area contributed by atoms with E-state index in [-0.39, 0.29) is 0 Å². The van der Waals surface area contributed by atoms with Gasteiger partial charge in [-0.15, -0.1) is 0 Å². The van der Waals surface area contributed by atoms with Gasteiger partial charge in [-0.2, -0.15) is 0 Å².